The molecule has 1 atom stereocenters. The van der Waals surface area contributed by atoms with E-state index in [2.05, 4.69) is 10.2 Å². The van der Waals surface area contributed by atoms with Crippen molar-refractivity contribution in [1.29, 1.82) is 0 Å². The van der Waals surface area contributed by atoms with E-state index in [-0.39, 0.29) is 11.9 Å². The van der Waals surface area contributed by atoms with Crippen molar-refractivity contribution in [3.63, 3.8) is 0 Å². The lowest BCUT2D eigenvalue weighted by atomic mass is 10.1. The third kappa shape index (κ3) is 3.53. The van der Waals surface area contributed by atoms with Gasteiger partial charge in [-0.1, -0.05) is 30.4 Å². The van der Waals surface area contributed by atoms with Crippen molar-refractivity contribution >= 4 is 23.1 Å². The molecule has 1 amide bonds. The Morgan fingerprint density at radius 3 is 3.10 bits per heavy atom. The Morgan fingerprint density at radius 1 is 1.60 bits per heavy atom. The Kier molecular flexibility index (Phi) is 5.05. The maximum atomic E-state index is 11.9. The number of nitrogens with zero attached hydrogens (tertiary/aromatic N) is 1. The van der Waals surface area contributed by atoms with Crippen LogP contribution in [0.5, 0.6) is 0 Å². The van der Waals surface area contributed by atoms with Crippen LogP contribution in [0, 0.1) is 0 Å². The lowest BCUT2D eigenvalue weighted by Gasteiger charge is -2.34. The van der Waals surface area contributed by atoms with Gasteiger partial charge in [-0.3, -0.25) is 9.69 Å². The molecule has 1 aromatic carbocycles. The van der Waals surface area contributed by atoms with E-state index in [1.807, 2.05) is 24.3 Å². The zero-order chi connectivity index (χ0) is 14.5. The zero-order valence-electron chi connectivity index (χ0n) is 11.5. The second-order valence-corrected chi connectivity index (χ2v) is 5.18. The van der Waals surface area contributed by atoms with E-state index >= 15 is 0 Å². The molecule has 1 aliphatic rings. The second-order valence-electron chi connectivity index (χ2n) is 4.74. The average molecular weight is 293 g/mol. The van der Waals surface area contributed by atoms with E-state index in [1.165, 1.54) is 0 Å². The van der Waals surface area contributed by atoms with Crippen LogP contribution in [0.2, 0.25) is 0 Å². The van der Waals surface area contributed by atoms with Gasteiger partial charge in [0.1, 0.15) is 11.0 Å². The van der Waals surface area contributed by atoms with Crippen LogP contribution in [0.3, 0.4) is 0 Å². The highest BCUT2D eigenvalue weighted by Crippen LogP contribution is 2.14. The van der Waals surface area contributed by atoms with Crippen molar-refractivity contribution in [2.45, 2.75) is 12.6 Å². The standard InChI is InChI=1S/C14H19N3O2S/c1-16-14(18)12-9-19-6-5-17(12)8-10-3-2-4-11(7-10)13(15)20/h2-4,7,12H,5-6,8-9H2,1H3,(H2,15,20)(H,16,18). The predicted octanol–water partition coefficient (Wildman–Crippen LogP) is 0.268. The molecule has 20 heavy (non-hydrogen) atoms. The Bertz CT molecular complexity index is 507. The van der Waals surface area contributed by atoms with Gasteiger partial charge in [0.2, 0.25) is 5.91 Å². The van der Waals surface area contributed by atoms with Crippen LogP contribution in [0.4, 0.5) is 0 Å². The maximum absolute atomic E-state index is 11.9. The summed E-state index contributed by atoms with van der Waals surface area (Å²) in [5.41, 5.74) is 7.58. The van der Waals surface area contributed by atoms with Gasteiger partial charge in [0.05, 0.1) is 13.2 Å². The molecule has 108 valence electrons. The number of hydrogen-bond donors (Lipinski definition) is 2. The molecule has 1 fully saturated rings. The van der Waals surface area contributed by atoms with Crippen molar-refractivity contribution in [3.8, 4) is 0 Å². The summed E-state index contributed by atoms with van der Waals surface area (Å²) in [4.78, 5) is 14.4. The fraction of sp³-hybridized carbons (Fsp3) is 0.429. The number of hydrogen-bond acceptors (Lipinski definition) is 4. The first kappa shape index (κ1) is 14.9. The summed E-state index contributed by atoms with van der Waals surface area (Å²) in [6.45, 7) is 2.48. The number of likely N-dealkylation sites (N-methyl/N-ethyl adjacent to an activating group) is 1. The summed E-state index contributed by atoms with van der Waals surface area (Å²) in [6, 6.07) is 7.56. The highest BCUT2D eigenvalue weighted by molar-refractivity contribution is 7.80. The van der Waals surface area contributed by atoms with E-state index < -0.39 is 0 Å². The van der Waals surface area contributed by atoms with Crippen LogP contribution in [-0.2, 0) is 16.1 Å². The van der Waals surface area contributed by atoms with Gasteiger partial charge in [0.15, 0.2) is 0 Å². The molecular weight excluding hydrogens is 274 g/mol. The van der Waals surface area contributed by atoms with E-state index in [1.54, 1.807) is 7.05 Å². The number of carbonyl (C=O) groups is 1. The Labute approximate surface area is 124 Å². The first-order valence-corrected chi connectivity index (χ1v) is 6.95. The van der Waals surface area contributed by atoms with Crippen molar-refractivity contribution < 1.29 is 9.53 Å². The summed E-state index contributed by atoms with van der Waals surface area (Å²) in [6.07, 6.45) is 0. The molecule has 0 bridgehead atoms. The molecule has 0 saturated carbocycles. The molecule has 0 radical (unpaired) electrons. The second kappa shape index (κ2) is 6.78. The van der Waals surface area contributed by atoms with Crippen molar-refractivity contribution in [3.05, 3.63) is 35.4 Å². The van der Waals surface area contributed by atoms with Crippen LogP contribution < -0.4 is 11.1 Å². The Balaban J connectivity index is 2.12. The Hall–Kier alpha value is -1.50. The third-order valence-electron chi connectivity index (χ3n) is 3.39. The van der Waals surface area contributed by atoms with Crippen molar-refractivity contribution in [1.82, 2.24) is 10.2 Å². The van der Waals surface area contributed by atoms with Gasteiger partial charge < -0.3 is 15.8 Å². The lowest BCUT2D eigenvalue weighted by molar-refractivity contribution is -0.132. The number of nitrogens with two attached hydrogens (primary N) is 1. The highest BCUT2D eigenvalue weighted by Gasteiger charge is 2.28. The molecule has 1 saturated heterocycles. The largest absolute Gasteiger partial charge is 0.389 e. The number of morpholine rings is 1. The number of nitrogens with one attached hydrogen (secondary N) is 1. The fourth-order valence-electron chi connectivity index (χ4n) is 2.29. The fourth-order valence-corrected chi connectivity index (χ4v) is 2.42. The van der Waals surface area contributed by atoms with Gasteiger partial charge in [0, 0.05) is 25.7 Å². The maximum Gasteiger partial charge on any atom is 0.239 e. The molecule has 0 aliphatic carbocycles. The molecule has 2 rings (SSSR count). The molecular formula is C14H19N3O2S. The minimum atomic E-state index is -0.248. The molecule has 1 aliphatic heterocycles. The van der Waals surface area contributed by atoms with Gasteiger partial charge in [-0.05, 0) is 11.6 Å². The van der Waals surface area contributed by atoms with Gasteiger partial charge >= 0.3 is 0 Å². The normalized spacial score (nSPS) is 19.6. The minimum Gasteiger partial charge on any atom is -0.389 e. The monoisotopic (exact) mass is 293 g/mol. The minimum absolute atomic E-state index is 0.0183. The topological polar surface area (TPSA) is 67.6 Å². The van der Waals surface area contributed by atoms with Crippen LogP contribution in [0.25, 0.3) is 0 Å². The van der Waals surface area contributed by atoms with E-state index in [9.17, 15) is 4.79 Å². The molecule has 0 spiro atoms. The molecule has 0 aromatic heterocycles. The van der Waals surface area contributed by atoms with Crippen molar-refractivity contribution in [2.75, 3.05) is 26.8 Å². The number of benzene rings is 1. The van der Waals surface area contributed by atoms with Crippen LogP contribution >= 0.6 is 12.2 Å². The smallest absolute Gasteiger partial charge is 0.239 e. The Morgan fingerprint density at radius 2 is 2.40 bits per heavy atom. The van der Waals surface area contributed by atoms with E-state index in [0.717, 1.165) is 17.7 Å². The molecule has 3 N–H and O–H groups in total. The molecule has 1 unspecified atom stereocenters. The number of thiocarbonyl (C=S) groups is 1. The summed E-state index contributed by atoms with van der Waals surface area (Å²) in [5, 5.41) is 2.68. The molecule has 5 nitrogen and oxygen atoms in total. The highest BCUT2D eigenvalue weighted by atomic mass is 32.1. The number of carbonyl (C=O) groups excluding carboxylic acids is 1. The predicted molar refractivity (Wildman–Crippen MR) is 81.4 cm³/mol. The molecule has 1 aromatic rings. The summed E-state index contributed by atoms with van der Waals surface area (Å²) < 4.78 is 5.39. The molecule has 1 heterocycles. The van der Waals surface area contributed by atoms with E-state index in [4.69, 9.17) is 22.7 Å². The zero-order valence-corrected chi connectivity index (χ0v) is 12.3. The first-order valence-electron chi connectivity index (χ1n) is 6.54. The lowest BCUT2D eigenvalue weighted by Crippen LogP contribution is -2.52. The van der Waals surface area contributed by atoms with Crippen molar-refractivity contribution in [2.24, 2.45) is 5.73 Å². The quantitative estimate of drug-likeness (QED) is 0.780. The third-order valence-corrected chi connectivity index (χ3v) is 3.62. The van der Waals surface area contributed by atoms with Gasteiger partial charge in [-0.25, -0.2) is 0 Å². The first-order chi connectivity index (χ1) is 9.61. The number of ether oxygens (including phenoxy) is 1. The van der Waals surface area contributed by atoms with Crippen LogP contribution in [-0.4, -0.2) is 48.6 Å². The summed E-state index contributed by atoms with van der Waals surface area (Å²) in [7, 11) is 1.64. The summed E-state index contributed by atoms with van der Waals surface area (Å²) in [5.74, 6) is -0.0183. The average Bonchev–Trinajstić information content (AvgIpc) is 2.47. The van der Waals surface area contributed by atoms with Crippen LogP contribution in [0.1, 0.15) is 11.1 Å². The molecule has 6 heteroatoms. The number of amides is 1. The van der Waals surface area contributed by atoms with Gasteiger partial charge in [-0.15, -0.1) is 0 Å². The summed E-state index contributed by atoms with van der Waals surface area (Å²) >= 11 is 4.99. The van der Waals surface area contributed by atoms with Crippen LogP contribution in [0.15, 0.2) is 24.3 Å². The number of rotatable bonds is 4. The van der Waals surface area contributed by atoms with E-state index in [0.29, 0.717) is 24.7 Å². The van der Waals surface area contributed by atoms with Gasteiger partial charge in [0.25, 0.3) is 0 Å². The SMILES string of the molecule is CNC(=O)C1COCCN1Cc1cccc(C(N)=S)c1. The van der Waals surface area contributed by atoms with Gasteiger partial charge in [-0.2, -0.15) is 0 Å².